The Hall–Kier alpha value is -6.53. The van der Waals surface area contributed by atoms with Gasteiger partial charge in [-0.05, 0) is 90.6 Å². The van der Waals surface area contributed by atoms with Gasteiger partial charge in [-0.15, -0.1) is 22.7 Å². The summed E-state index contributed by atoms with van der Waals surface area (Å²) in [7, 11) is -5.87. The fourth-order valence-electron chi connectivity index (χ4n) is 11.6. The maximum Gasteiger partial charge on any atom is 0.399 e. The van der Waals surface area contributed by atoms with Crippen LogP contribution in [0.3, 0.4) is 0 Å². The molecular formula is C63H81F2N8O12PS2. The fraction of sp³-hybridized carbons (Fsp3) is 0.524. The zero-order chi connectivity index (χ0) is 64.0. The quantitative estimate of drug-likeness (QED) is 0.0255. The lowest BCUT2D eigenvalue weighted by Crippen LogP contribution is -2.58. The van der Waals surface area contributed by atoms with Crippen LogP contribution in [0, 0.1) is 17.8 Å². The van der Waals surface area contributed by atoms with E-state index in [2.05, 4.69) is 26.3 Å². The van der Waals surface area contributed by atoms with Crippen molar-refractivity contribution >= 4 is 81.7 Å². The number of nitrogens with zero attached hydrogens (tertiary/aromatic N) is 4. The molecule has 8 atom stereocenters. The second-order valence-corrected chi connectivity index (χ2v) is 29.1. The third kappa shape index (κ3) is 16.3. The highest BCUT2D eigenvalue weighted by atomic mass is 32.1. The van der Waals surface area contributed by atoms with E-state index in [1.807, 2.05) is 89.2 Å². The van der Waals surface area contributed by atoms with E-state index in [-0.39, 0.29) is 73.5 Å². The summed E-state index contributed by atoms with van der Waals surface area (Å²) in [5.41, 5.74) is -1.37. The number of piperidine rings is 1. The van der Waals surface area contributed by atoms with E-state index in [1.54, 1.807) is 42.5 Å². The molecule has 0 bridgehead atoms. The number of β-amino-alcohol motifs (C(OH)–C–C–N with tert-alkyl or cyclic N) is 1. The number of benzene rings is 3. The summed E-state index contributed by atoms with van der Waals surface area (Å²) in [5, 5.41) is 22.4. The molecule has 3 fully saturated rings. The van der Waals surface area contributed by atoms with Crippen molar-refractivity contribution in [3.63, 3.8) is 0 Å². The van der Waals surface area contributed by atoms with E-state index in [0.717, 1.165) is 63.6 Å². The number of alkyl halides is 2. The SMILES string of the molecule is Cc1ncsc1-c1ccc(C(C)NC(=O)[C@@H]2C[C@@H](O)CN2C(=O)C(NC(=O)CCCCCNC(=O)CO[C@H]2C[C@@H](C(=O)N3CCC[C@H](c4ccccc4)C3)N(C(=O)C(NC(=O)c3cc4cc(C(F)(F)P(=O)(O)O)ccc4s3)C(C)(C)C)C2)C(C)(C)C)cc1. The second-order valence-electron chi connectivity index (χ2n) is 25.5. The lowest BCUT2D eigenvalue weighted by Gasteiger charge is -2.38. The Bertz CT molecular complexity index is 3380. The third-order valence-corrected chi connectivity index (χ3v) is 19.7. The number of hydrogen-bond donors (Lipinski definition) is 7. The monoisotopic (exact) mass is 1270 g/mol. The van der Waals surface area contributed by atoms with E-state index in [9.17, 15) is 61.8 Å². The van der Waals surface area contributed by atoms with Crippen molar-refractivity contribution in [2.24, 2.45) is 10.8 Å². The zero-order valence-electron chi connectivity index (χ0n) is 50.9. The van der Waals surface area contributed by atoms with Crippen LogP contribution in [0.2, 0.25) is 0 Å². The minimum Gasteiger partial charge on any atom is -0.391 e. The smallest absolute Gasteiger partial charge is 0.391 e. The topological polar surface area (TPSA) is 277 Å². The predicted octanol–water partition coefficient (Wildman–Crippen LogP) is 8.14. The number of amides is 7. The van der Waals surface area contributed by atoms with Crippen LogP contribution in [-0.2, 0) is 43.7 Å². The Morgan fingerprint density at radius 3 is 2.11 bits per heavy atom. The average Bonchev–Trinajstić information content (AvgIpc) is 4.15. The van der Waals surface area contributed by atoms with Crippen molar-refractivity contribution in [1.82, 2.24) is 41.0 Å². The van der Waals surface area contributed by atoms with E-state index in [4.69, 9.17) is 4.74 Å². The van der Waals surface area contributed by atoms with Crippen molar-refractivity contribution in [1.29, 1.82) is 0 Å². The maximum atomic E-state index is 14.9. The Balaban J connectivity index is 0.835. The van der Waals surface area contributed by atoms with Gasteiger partial charge in [0, 0.05) is 68.2 Å². The van der Waals surface area contributed by atoms with Crippen LogP contribution in [0.15, 0.2) is 84.4 Å². The normalized spacial score (nSPS) is 20.3. The molecule has 0 saturated carbocycles. The number of unbranched alkanes of at least 4 members (excludes halogenated alkanes) is 2. The summed E-state index contributed by atoms with van der Waals surface area (Å²) in [6.45, 7) is 15.1. The second kappa shape index (κ2) is 28.1. The molecule has 3 unspecified atom stereocenters. The lowest BCUT2D eigenvalue weighted by atomic mass is 9.85. The first kappa shape index (κ1) is 67.4. The van der Waals surface area contributed by atoms with Gasteiger partial charge in [-0.2, -0.15) is 8.78 Å². The van der Waals surface area contributed by atoms with Crippen LogP contribution in [0.25, 0.3) is 20.5 Å². The van der Waals surface area contributed by atoms with Gasteiger partial charge in [-0.3, -0.25) is 38.1 Å². The Kier molecular flexibility index (Phi) is 21.5. The van der Waals surface area contributed by atoms with Crippen molar-refractivity contribution in [2.75, 3.05) is 39.3 Å². The van der Waals surface area contributed by atoms with Gasteiger partial charge in [0.05, 0.1) is 39.2 Å². The molecule has 0 spiro atoms. The highest BCUT2D eigenvalue weighted by Crippen LogP contribution is 2.59. The zero-order valence-corrected chi connectivity index (χ0v) is 53.5. The number of aromatic nitrogens is 1. The molecule has 88 heavy (non-hydrogen) atoms. The largest absolute Gasteiger partial charge is 0.399 e. The first-order valence-electron chi connectivity index (χ1n) is 29.8. The van der Waals surface area contributed by atoms with Gasteiger partial charge in [0.2, 0.25) is 35.4 Å². The number of carbonyl (C=O) groups is 7. The van der Waals surface area contributed by atoms with Gasteiger partial charge in [-0.1, -0.05) is 109 Å². The van der Waals surface area contributed by atoms with E-state index < -0.39 is 102 Å². The Morgan fingerprint density at radius 2 is 1.47 bits per heavy atom. The number of hydrogen-bond acceptors (Lipinski definition) is 13. The molecule has 0 aliphatic carbocycles. The molecule has 3 aliphatic rings. The molecular weight excluding hydrogens is 1190 g/mol. The summed E-state index contributed by atoms with van der Waals surface area (Å²) >= 11 is 2.49. The Morgan fingerprint density at radius 1 is 0.795 bits per heavy atom. The fourth-order valence-corrected chi connectivity index (χ4v) is 13.9. The first-order chi connectivity index (χ1) is 41.4. The first-order valence-corrected chi connectivity index (χ1v) is 33.1. The number of nitrogens with one attached hydrogen (secondary N) is 4. The van der Waals surface area contributed by atoms with E-state index >= 15 is 0 Å². The van der Waals surface area contributed by atoms with Crippen molar-refractivity contribution < 1.29 is 66.5 Å². The van der Waals surface area contributed by atoms with Gasteiger partial charge >= 0.3 is 13.3 Å². The minimum absolute atomic E-state index is 0.0459. The van der Waals surface area contributed by atoms with Gasteiger partial charge in [-0.25, -0.2) is 4.98 Å². The van der Waals surface area contributed by atoms with E-state index in [0.29, 0.717) is 37.1 Å². The summed E-state index contributed by atoms with van der Waals surface area (Å²) in [6, 6.07) is 17.5. The number of thiazole rings is 1. The highest BCUT2D eigenvalue weighted by molar-refractivity contribution is 7.52. The number of ether oxygens (including phenoxy) is 1. The molecule has 3 aromatic carbocycles. The van der Waals surface area contributed by atoms with Gasteiger partial charge in [0.15, 0.2) is 0 Å². The molecule has 5 aromatic rings. The molecule has 20 nitrogen and oxygen atoms in total. The molecule has 0 radical (unpaired) electrons. The molecule has 7 N–H and O–H groups in total. The number of likely N-dealkylation sites (tertiary alicyclic amines) is 3. The molecule has 3 saturated heterocycles. The van der Waals surface area contributed by atoms with E-state index in [1.165, 1.54) is 21.9 Å². The van der Waals surface area contributed by atoms with Crippen LogP contribution in [-0.4, -0.2) is 152 Å². The summed E-state index contributed by atoms with van der Waals surface area (Å²) in [6.07, 6.45) is 1.61. The summed E-state index contributed by atoms with van der Waals surface area (Å²) in [5.74, 6) is -3.19. The third-order valence-electron chi connectivity index (χ3n) is 16.6. The van der Waals surface area contributed by atoms with Crippen molar-refractivity contribution in [3.8, 4) is 10.4 Å². The number of aliphatic hydroxyl groups is 1. The highest BCUT2D eigenvalue weighted by Gasteiger charge is 2.51. The van der Waals surface area contributed by atoms with Crippen LogP contribution in [0.5, 0.6) is 0 Å². The van der Waals surface area contributed by atoms with Crippen molar-refractivity contribution in [2.45, 2.75) is 161 Å². The lowest BCUT2D eigenvalue weighted by molar-refractivity contribution is -0.147. The van der Waals surface area contributed by atoms with Crippen LogP contribution in [0.4, 0.5) is 8.78 Å². The number of fused-ring (bicyclic) bond motifs is 1. The Labute approximate surface area is 519 Å². The molecule has 25 heteroatoms. The number of carbonyl (C=O) groups excluding carboxylic acids is 7. The van der Waals surface area contributed by atoms with Crippen LogP contribution in [0.1, 0.15) is 144 Å². The van der Waals surface area contributed by atoms with Gasteiger partial charge < -0.3 is 55.6 Å². The summed E-state index contributed by atoms with van der Waals surface area (Å²) < 4.78 is 47.4. The molecule has 2 aromatic heterocycles. The number of halogens is 2. The number of aryl methyl sites for hydroxylation is 1. The minimum atomic E-state index is -5.87. The summed E-state index contributed by atoms with van der Waals surface area (Å²) in [4.78, 5) is 127. The number of aliphatic hydroxyl groups excluding tert-OH is 1. The molecule has 7 amide bonds. The molecule has 3 aliphatic heterocycles. The van der Waals surface area contributed by atoms with Crippen LogP contribution < -0.4 is 21.3 Å². The van der Waals surface area contributed by atoms with Gasteiger partial charge in [0.25, 0.3) is 5.91 Å². The van der Waals surface area contributed by atoms with Gasteiger partial charge in [0.1, 0.15) is 30.8 Å². The molecule has 5 heterocycles. The predicted molar refractivity (Wildman–Crippen MR) is 331 cm³/mol. The van der Waals surface area contributed by atoms with Crippen LogP contribution >= 0.6 is 30.3 Å². The average molecular weight is 1280 g/mol. The maximum absolute atomic E-state index is 14.9. The molecule has 8 rings (SSSR count). The number of thiophene rings is 1. The molecule has 476 valence electrons. The van der Waals surface area contributed by atoms with Crippen molar-refractivity contribution in [3.05, 3.63) is 112 Å². The number of rotatable bonds is 22. The standard InChI is InChI=1S/C63H81F2N8O12PS2/c1-37(39-20-22-41(23-21-39)53-38(2)67-36-87-53)68-56(77)47-30-45(74)33-72(47)59(80)54(61(3,4)5)69-51(75)19-13-10-14-26-66-52(76)35-85-46-31-48(58(79)71-27-15-18-42(32-71)40-16-11-9-12-17-40)73(34-46)60(81)55(62(6,7)8)70-57(78)50-29-43-28-44(24-25-49(43)88-50)63(64,65)86(82,83)84/h9,11-12,16-17,20-25,28-29,36-37,42,45-48,54-55,74H,10,13-15,18-19,26-27,30-35H2,1-8H3,(H,66,76)(H,68,77)(H,69,75)(H,70,78)(H2,82,83,84)/t37?,42-,45+,46-,47-,48-,54?,55?/m0/s1.